The number of aromatic nitrogens is 4. The van der Waals surface area contributed by atoms with Gasteiger partial charge in [-0.25, -0.2) is 13.1 Å². The van der Waals surface area contributed by atoms with E-state index >= 15 is 0 Å². The molecule has 1 N–H and O–H groups in total. The lowest BCUT2D eigenvalue weighted by Crippen LogP contribution is -2.27. The number of tetrazole rings is 1. The van der Waals surface area contributed by atoms with Crippen LogP contribution < -0.4 is 4.72 Å². The Balaban J connectivity index is 2.13. The SMILES string of the molecule is CCCS(=O)(=O)NCc1nnnn1-c1ccccc1. The van der Waals surface area contributed by atoms with E-state index in [1.165, 1.54) is 4.68 Å². The molecule has 0 spiro atoms. The summed E-state index contributed by atoms with van der Waals surface area (Å²) >= 11 is 0. The Labute approximate surface area is 111 Å². The fourth-order valence-corrected chi connectivity index (χ4v) is 2.63. The van der Waals surface area contributed by atoms with Gasteiger partial charge in [0.1, 0.15) is 0 Å². The minimum absolute atomic E-state index is 0.0736. The summed E-state index contributed by atoms with van der Waals surface area (Å²) in [4.78, 5) is 0. The molecular weight excluding hydrogens is 266 g/mol. The van der Waals surface area contributed by atoms with E-state index in [0.717, 1.165) is 5.69 Å². The topological polar surface area (TPSA) is 89.8 Å². The van der Waals surface area contributed by atoms with Crippen LogP contribution in [0.1, 0.15) is 19.2 Å². The van der Waals surface area contributed by atoms with Gasteiger partial charge >= 0.3 is 0 Å². The van der Waals surface area contributed by atoms with Gasteiger partial charge in [-0.2, -0.15) is 4.68 Å². The van der Waals surface area contributed by atoms with Gasteiger partial charge in [-0.15, -0.1) is 5.10 Å². The lowest BCUT2D eigenvalue weighted by Gasteiger charge is -2.06. The van der Waals surface area contributed by atoms with Gasteiger partial charge in [0.2, 0.25) is 10.0 Å². The normalized spacial score (nSPS) is 11.6. The van der Waals surface area contributed by atoms with Crippen molar-refractivity contribution in [2.75, 3.05) is 5.75 Å². The third-order valence-corrected chi connectivity index (χ3v) is 3.99. The molecule has 19 heavy (non-hydrogen) atoms. The zero-order valence-corrected chi connectivity index (χ0v) is 11.3. The van der Waals surface area contributed by atoms with Gasteiger partial charge in [-0.05, 0) is 29.0 Å². The number of nitrogens with one attached hydrogen (secondary N) is 1. The van der Waals surface area contributed by atoms with E-state index in [9.17, 15) is 8.42 Å². The van der Waals surface area contributed by atoms with Crippen molar-refractivity contribution in [1.82, 2.24) is 24.9 Å². The third-order valence-electron chi connectivity index (χ3n) is 2.46. The Morgan fingerprint density at radius 3 is 2.68 bits per heavy atom. The number of benzene rings is 1. The maximum absolute atomic E-state index is 11.6. The molecule has 0 fully saturated rings. The van der Waals surface area contributed by atoms with Crippen LogP contribution >= 0.6 is 0 Å². The zero-order valence-electron chi connectivity index (χ0n) is 10.5. The van der Waals surface area contributed by atoms with E-state index in [1.807, 2.05) is 37.3 Å². The molecule has 0 atom stereocenters. The molecule has 1 aromatic carbocycles. The number of para-hydroxylation sites is 1. The van der Waals surface area contributed by atoms with Gasteiger partial charge in [0, 0.05) is 0 Å². The van der Waals surface area contributed by atoms with Crippen molar-refractivity contribution < 1.29 is 8.42 Å². The molecule has 0 aliphatic carbocycles. The molecule has 0 saturated heterocycles. The number of nitrogens with zero attached hydrogens (tertiary/aromatic N) is 4. The molecule has 0 bridgehead atoms. The van der Waals surface area contributed by atoms with Crippen LogP contribution in [0.25, 0.3) is 5.69 Å². The molecule has 0 aliphatic rings. The van der Waals surface area contributed by atoms with Crippen molar-refractivity contribution in [3.05, 3.63) is 36.2 Å². The van der Waals surface area contributed by atoms with Gasteiger partial charge in [-0.3, -0.25) is 0 Å². The van der Waals surface area contributed by atoms with E-state index in [1.54, 1.807) is 0 Å². The second-order valence-corrected chi connectivity index (χ2v) is 5.91. The summed E-state index contributed by atoms with van der Waals surface area (Å²) < 4.78 is 27.2. The van der Waals surface area contributed by atoms with Crippen LogP contribution in [-0.2, 0) is 16.6 Å². The summed E-state index contributed by atoms with van der Waals surface area (Å²) in [6.45, 7) is 1.89. The Kier molecular flexibility index (Phi) is 4.23. The van der Waals surface area contributed by atoms with Gasteiger partial charge < -0.3 is 0 Å². The molecule has 0 amide bonds. The van der Waals surface area contributed by atoms with E-state index in [4.69, 9.17) is 0 Å². The van der Waals surface area contributed by atoms with Crippen LogP contribution in [0.15, 0.2) is 30.3 Å². The number of hydrogen-bond donors (Lipinski definition) is 1. The second kappa shape index (κ2) is 5.89. The molecule has 0 saturated carbocycles. The van der Waals surface area contributed by atoms with Crippen molar-refractivity contribution in [1.29, 1.82) is 0 Å². The number of hydrogen-bond acceptors (Lipinski definition) is 5. The molecule has 1 heterocycles. The Bertz CT molecular complexity index is 624. The Morgan fingerprint density at radius 2 is 2.00 bits per heavy atom. The summed E-state index contributed by atoms with van der Waals surface area (Å²) in [5.74, 6) is 0.547. The van der Waals surface area contributed by atoms with Crippen LogP contribution in [0.5, 0.6) is 0 Å². The highest BCUT2D eigenvalue weighted by Gasteiger charge is 2.12. The maximum atomic E-state index is 11.6. The van der Waals surface area contributed by atoms with Crippen molar-refractivity contribution in [2.24, 2.45) is 0 Å². The lowest BCUT2D eigenvalue weighted by molar-refractivity contribution is 0.576. The smallest absolute Gasteiger partial charge is 0.211 e. The fraction of sp³-hybridized carbons (Fsp3) is 0.364. The van der Waals surface area contributed by atoms with Gasteiger partial charge in [0.15, 0.2) is 5.82 Å². The van der Waals surface area contributed by atoms with Crippen LogP contribution in [0.4, 0.5) is 0 Å². The van der Waals surface area contributed by atoms with E-state index < -0.39 is 10.0 Å². The van der Waals surface area contributed by atoms with Crippen LogP contribution in [-0.4, -0.2) is 34.4 Å². The van der Waals surface area contributed by atoms with Crippen molar-refractivity contribution in [3.63, 3.8) is 0 Å². The van der Waals surface area contributed by atoms with Gasteiger partial charge in [0.05, 0.1) is 18.0 Å². The monoisotopic (exact) mass is 281 g/mol. The average Bonchev–Trinajstić information content (AvgIpc) is 2.86. The van der Waals surface area contributed by atoms with Crippen molar-refractivity contribution in [3.8, 4) is 5.69 Å². The van der Waals surface area contributed by atoms with Crippen LogP contribution in [0.3, 0.4) is 0 Å². The molecule has 0 radical (unpaired) electrons. The molecule has 0 unspecified atom stereocenters. The Hall–Kier alpha value is -1.80. The highest BCUT2D eigenvalue weighted by Crippen LogP contribution is 2.06. The first-order chi connectivity index (χ1) is 9.12. The summed E-state index contributed by atoms with van der Waals surface area (Å²) in [5, 5.41) is 11.3. The lowest BCUT2D eigenvalue weighted by atomic mass is 10.3. The predicted molar refractivity (Wildman–Crippen MR) is 70.1 cm³/mol. The molecule has 8 heteroatoms. The predicted octanol–water partition coefficient (Wildman–Crippen LogP) is 0.492. The minimum atomic E-state index is -3.27. The maximum Gasteiger partial charge on any atom is 0.211 e. The standard InChI is InChI=1S/C11H15N5O2S/c1-2-8-19(17,18)12-9-11-13-14-15-16(11)10-6-4-3-5-7-10/h3-7,12H,2,8-9H2,1H3. The number of sulfonamides is 1. The van der Waals surface area contributed by atoms with E-state index in [2.05, 4.69) is 20.2 Å². The first-order valence-corrected chi connectivity index (χ1v) is 7.57. The highest BCUT2D eigenvalue weighted by atomic mass is 32.2. The molecule has 102 valence electrons. The second-order valence-electron chi connectivity index (χ2n) is 3.98. The number of rotatable bonds is 6. The molecule has 2 rings (SSSR count). The van der Waals surface area contributed by atoms with Crippen molar-refractivity contribution >= 4 is 10.0 Å². The average molecular weight is 281 g/mol. The summed E-state index contributed by atoms with van der Waals surface area (Å²) in [7, 11) is -3.27. The molecule has 2 aromatic rings. The minimum Gasteiger partial charge on any atom is -0.212 e. The molecular formula is C11H15N5O2S. The molecule has 1 aromatic heterocycles. The first-order valence-electron chi connectivity index (χ1n) is 5.92. The fourth-order valence-electron chi connectivity index (χ4n) is 1.60. The van der Waals surface area contributed by atoms with E-state index in [-0.39, 0.29) is 12.3 Å². The van der Waals surface area contributed by atoms with Gasteiger partial charge in [0.25, 0.3) is 0 Å². The summed E-state index contributed by atoms with van der Waals surface area (Å²) in [5.41, 5.74) is 0.789. The quantitative estimate of drug-likeness (QED) is 0.832. The molecule has 0 aliphatic heterocycles. The van der Waals surface area contributed by atoms with Crippen LogP contribution in [0.2, 0.25) is 0 Å². The highest BCUT2D eigenvalue weighted by molar-refractivity contribution is 7.89. The Morgan fingerprint density at radius 1 is 1.26 bits per heavy atom. The first kappa shape index (κ1) is 13.6. The third kappa shape index (κ3) is 3.58. The van der Waals surface area contributed by atoms with Crippen molar-refractivity contribution in [2.45, 2.75) is 19.9 Å². The zero-order chi connectivity index (χ0) is 13.7. The van der Waals surface area contributed by atoms with Crippen LogP contribution in [0, 0.1) is 0 Å². The largest absolute Gasteiger partial charge is 0.212 e. The van der Waals surface area contributed by atoms with Gasteiger partial charge in [-0.1, -0.05) is 25.1 Å². The summed E-state index contributed by atoms with van der Waals surface area (Å²) in [6, 6.07) is 9.31. The molecule has 7 nitrogen and oxygen atoms in total. The summed E-state index contributed by atoms with van der Waals surface area (Å²) in [6.07, 6.45) is 0.568. The van der Waals surface area contributed by atoms with E-state index in [0.29, 0.717) is 12.2 Å².